The highest BCUT2D eigenvalue weighted by atomic mass is 16.6. The monoisotopic (exact) mass is 399 g/mol. The number of hydrogen-bond donors (Lipinski definition) is 2. The Bertz CT molecular complexity index is 881. The highest BCUT2D eigenvalue weighted by Gasteiger charge is 2.26. The molecule has 1 aliphatic rings. The van der Waals surface area contributed by atoms with Crippen LogP contribution in [0.1, 0.15) is 51.2 Å². The van der Waals surface area contributed by atoms with Gasteiger partial charge in [0.1, 0.15) is 5.60 Å². The predicted octanol–water partition coefficient (Wildman–Crippen LogP) is 5.01. The van der Waals surface area contributed by atoms with Crippen molar-refractivity contribution in [3.8, 4) is 5.75 Å². The van der Waals surface area contributed by atoms with Crippen LogP contribution in [-0.2, 0) is 4.74 Å². The summed E-state index contributed by atoms with van der Waals surface area (Å²) in [6.07, 6.45) is 4.25. The van der Waals surface area contributed by atoms with E-state index in [-0.39, 0.29) is 11.8 Å². The minimum Gasteiger partial charge on any atom is -0.504 e. The minimum absolute atomic E-state index is 0.183. The quantitative estimate of drug-likeness (QED) is 0.756. The molecule has 29 heavy (non-hydrogen) atoms. The standard InChI is InChI=1S/C23H33N3O3/c1-15-12-16(2)20-18(13-15)21(19(27)14-25-20)24-9-6-17-7-10-26(11-8-17)22(28)29-23(3,4)5/h12-14,17,27H,6-11H2,1-5H3,(H,24,25). The molecule has 0 aliphatic carbocycles. The van der Waals surface area contributed by atoms with E-state index in [2.05, 4.69) is 29.4 Å². The normalized spacial score (nSPS) is 15.6. The predicted molar refractivity (Wildman–Crippen MR) is 117 cm³/mol. The molecule has 2 aromatic rings. The third-order valence-corrected chi connectivity index (χ3v) is 5.41. The fourth-order valence-electron chi connectivity index (χ4n) is 3.97. The van der Waals surface area contributed by atoms with Crippen LogP contribution in [0.2, 0.25) is 0 Å². The maximum absolute atomic E-state index is 12.2. The number of amides is 1. The number of carbonyl (C=O) groups excluding carboxylic acids is 1. The van der Waals surface area contributed by atoms with E-state index in [9.17, 15) is 9.90 Å². The van der Waals surface area contributed by atoms with Crippen molar-refractivity contribution in [2.24, 2.45) is 5.92 Å². The summed E-state index contributed by atoms with van der Waals surface area (Å²) < 4.78 is 5.47. The molecule has 0 radical (unpaired) electrons. The number of anilines is 1. The molecule has 1 saturated heterocycles. The number of benzene rings is 1. The van der Waals surface area contributed by atoms with Crippen molar-refractivity contribution in [3.05, 3.63) is 29.5 Å². The molecule has 1 fully saturated rings. The van der Waals surface area contributed by atoms with Crippen molar-refractivity contribution in [2.75, 3.05) is 25.0 Å². The largest absolute Gasteiger partial charge is 0.504 e. The number of aromatic hydroxyl groups is 1. The summed E-state index contributed by atoms with van der Waals surface area (Å²) >= 11 is 0. The number of hydrogen-bond acceptors (Lipinski definition) is 5. The molecule has 3 rings (SSSR count). The molecule has 0 saturated carbocycles. The first-order chi connectivity index (χ1) is 13.6. The van der Waals surface area contributed by atoms with Gasteiger partial charge in [-0.25, -0.2) is 4.79 Å². The molecular formula is C23H33N3O3. The zero-order valence-corrected chi connectivity index (χ0v) is 18.2. The van der Waals surface area contributed by atoms with Crippen molar-refractivity contribution in [2.45, 2.75) is 59.5 Å². The number of rotatable bonds is 4. The van der Waals surface area contributed by atoms with Gasteiger partial charge >= 0.3 is 6.09 Å². The molecule has 6 nitrogen and oxygen atoms in total. The average molecular weight is 400 g/mol. The van der Waals surface area contributed by atoms with E-state index < -0.39 is 5.60 Å². The number of aromatic nitrogens is 1. The van der Waals surface area contributed by atoms with E-state index in [1.165, 1.54) is 6.20 Å². The van der Waals surface area contributed by atoms with Gasteiger partial charge in [-0.3, -0.25) is 4.98 Å². The number of nitrogens with one attached hydrogen (secondary N) is 1. The van der Waals surface area contributed by atoms with Crippen LogP contribution in [0.3, 0.4) is 0 Å². The second-order valence-electron chi connectivity index (χ2n) is 9.12. The van der Waals surface area contributed by atoms with Gasteiger partial charge in [0.25, 0.3) is 0 Å². The van der Waals surface area contributed by atoms with Gasteiger partial charge in [-0.05, 0) is 71.4 Å². The Hall–Kier alpha value is -2.50. The highest BCUT2D eigenvalue weighted by Crippen LogP contribution is 2.33. The number of fused-ring (bicyclic) bond motifs is 1. The lowest BCUT2D eigenvalue weighted by atomic mass is 9.93. The van der Waals surface area contributed by atoms with Gasteiger partial charge in [0.15, 0.2) is 5.75 Å². The van der Waals surface area contributed by atoms with Crippen molar-refractivity contribution in [1.82, 2.24) is 9.88 Å². The lowest BCUT2D eigenvalue weighted by Crippen LogP contribution is -2.41. The zero-order valence-electron chi connectivity index (χ0n) is 18.2. The van der Waals surface area contributed by atoms with Crippen LogP contribution in [-0.4, -0.2) is 46.3 Å². The summed E-state index contributed by atoms with van der Waals surface area (Å²) in [4.78, 5) is 18.4. The van der Waals surface area contributed by atoms with Gasteiger partial charge in [-0.2, -0.15) is 0 Å². The van der Waals surface area contributed by atoms with Gasteiger partial charge in [0.2, 0.25) is 0 Å². The second-order valence-corrected chi connectivity index (χ2v) is 9.12. The van der Waals surface area contributed by atoms with Crippen LogP contribution in [0, 0.1) is 19.8 Å². The third-order valence-electron chi connectivity index (χ3n) is 5.41. The van der Waals surface area contributed by atoms with E-state index in [1.807, 2.05) is 32.6 Å². The van der Waals surface area contributed by atoms with E-state index in [1.54, 1.807) is 0 Å². The van der Waals surface area contributed by atoms with Crippen molar-refractivity contribution < 1.29 is 14.6 Å². The Morgan fingerprint density at radius 3 is 2.62 bits per heavy atom. The minimum atomic E-state index is -0.454. The maximum atomic E-state index is 12.2. The molecule has 0 atom stereocenters. The van der Waals surface area contributed by atoms with Crippen LogP contribution >= 0.6 is 0 Å². The molecule has 1 aromatic heterocycles. The van der Waals surface area contributed by atoms with E-state index in [0.717, 1.165) is 66.6 Å². The third kappa shape index (κ3) is 5.31. The first-order valence-corrected chi connectivity index (χ1v) is 10.4. The van der Waals surface area contributed by atoms with Crippen LogP contribution in [0.25, 0.3) is 10.9 Å². The highest BCUT2D eigenvalue weighted by molar-refractivity contribution is 5.96. The lowest BCUT2D eigenvalue weighted by Gasteiger charge is -2.33. The molecule has 1 amide bonds. The second kappa shape index (κ2) is 8.47. The smallest absolute Gasteiger partial charge is 0.410 e. The summed E-state index contributed by atoms with van der Waals surface area (Å²) in [5.74, 6) is 0.738. The number of likely N-dealkylation sites (tertiary alicyclic amines) is 1. The Morgan fingerprint density at radius 1 is 1.28 bits per heavy atom. The van der Waals surface area contributed by atoms with Gasteiger partial charge in [-0.1, -0.05) is 11.6 Å². The topological polar surface area (TPSA) is 74.7 Å². The molecule has 158 valence electrons. The molecule has 1 aromatic carbocycles. The Kier molecular flexibility index (Phi) is 6.20. The van der Waals surface area contributed by atoms with E-state index >= 15 is 0 Å². The van der Waals surface area contributed by atoms with Gasteiger partial charge in [-0.15, -0.1) is 0 Å². The average Bonchev–Trinajstić information content (AvgIpc) is 2.62. The number of pyridine rings is 1. The fraction of sp³-hybridized carbons (Fsp3) is 0.565. The molecule has 0 spiro atoms. The van der Waals surface area contributed by atoms with Crippen molar-refractivity contribution in [3.63, 3.8) is 0 Å². The summed E-state index contributed by atoms with van der Waals surface area (Å²) in [5.41, 5.74) is 3.48. The van der Waals surface area contributed by atoms with Gasteiger partial charge < -0.3 is 20.1 Å². The van der Waals surface area contributed by atoms with Crippen molar-refractivity contribution in [1.29, 1.82) is 0 Å². The van der Waals surface area contributed by atoms with Crippen LogP contribution in [0.4, 0.5) is 10.5 Å². The van der Waals surface area contributed by atoms with E-state index in [0.29, 0.717) is 5.92 Å². The summed E-state index contributed by atoms with van der Waals surface area (Å²) in [6.45, 7) is 12.0. The Balaban J connectivity index is 1.55. The SMILES string of the molecule is Cc1cc(C)c2ncc(O)c(NCCC3CCN(C(=O)OC(C)(C)C)CC3)c2c1. The first kappa shape index (κ1) is 21.2. The maximum Gasteiger partial charge on any atom is 0.410 e. The van der Waals surface area contributed by atoms with Gasteiger partial charge in [0, 0.05) is 25.0 Å². The number of ether oxygens (including phenoxy) is 1. The molecule has 0 bridgehead atoms. The van der Waals surface area contributed by atoms with Crippen LogP contribution < -0.4 is 5.32 Å². The molecule has 0 unspecified atom stereocenters. The lowest BCUT2D eigenvalue weighted by molar-refractivity contribution is 0.0182. The number of piperidine rings is 1. The molecule has 6 heteroatoms. The Morgan fingerprint density at radius 2 is 1.97 bits per heavy atom. The van der Waals surface area contributed by atoms with Crippen LogP contribution in [0.15, 0.2) is 18.3 Å². The number of nitrogens with zero attached hydrogens (tertiary/aromatic N) is 2. The summed E-state index contributed by atoms with van der Waals surface area (Å²) in [6, 6.07) is 4.17. The summed E-state index contributed by atoms with van der Waals surface area (Å²) in [7, 11) is 0. The molecule has 2 heterocycles. The Labute approximate surface area is 173 Å². The van der Waals surface area contributed by atoms with Gasteiger partial charge in [0.05, 0.1) is 17.4 Å². The van der Waals surface area contributed by atoms with Crippen molar-refractivity contribution >= 4 is 22.7 Å². The number of carbonyl (C=O) groups is 1. The summed E-state index contributed by atoms with van der Waals surface area (Å²) in [5, 5.41) is 14.7. The first-order valence-electron chi connectivity index (χ1n) is 10.4. The molecular weight excluding hydrogens is 366 g/mol. The zero-order chi connectivity index (χ0) is 21.2. The fourth-order valence-corrected chi connectivity index (χ4v) is 3.97. The number of aryl methyl sites for hydroxylation is 2. The molecule has 2 N–H and O–H groups in total. The molecule has 1 aliphatic heterocycles. The van der Waals surface area contributed by atoms with Crippen LogP contribution in [0.5, 0.6) is 5.75 Å². The van der Waals surface area contributed by atoms with E-state index in [4.69, 9.17) is 4.74 Å².